The summed E-state index contributed by atoms with van der Waals surface area (Å²) in [4.78, 5) is 28.3. The molecule has 174 valence electrons. The Kier molecular flexibility index (Phi) is 7.84. The Balaban J connectivity index is 1.83. The average Bonchev–Trinajstić information content (AvgIpc) is 3.31. The van der Waals surface area contributed by atoms with Crippen molar-refractivity contribution in [1.82, 2.24) is 10.3 Å². The van der Waals surface area contributed by atoms with E-state index in [-0.39, 0.29) is 24.7 Å². The third-order valence-electron chi connectivity index (χ3n) is 5.31. The molecule has 9 heteroatoms. The number of nitrogens with zero attached hydrogens (tertiary/aromatic N) is 1. The summed E-state index contributed by atoms with van der Waals surface area (Å²) in [6.07, 6.45) is 3.07. The number of carbonyl (C=O) groups is 2. The molecule has 0 spiro atoms. The number of benzene rings is 2. The highest BCUT2D eigenvalue weighted by molar-refractivity contribution is 6.30. The lowest BCUT2D eigenvalue weighted by Gasteiger charge is -2.29. The second kappa shape index (κ2) is 10.6. The van der Waals surface area contributed by atoms with E-state index in [4.69, 9.17) is 20.8 Å². The number of aromatic nitrogens is 1. The molecule has 1 amide bonds. The van der Waals surface area contributed by atoms with Crippen LogP contribution < -0.4 is 5.32 Å². The van der Waals surface area contributed by atoms with Crippen molar-refractivity contribution in [3.05, 3.63) is 77.2 Å². The summed E-state index contributed by atoms with van der Waals surface area (Å²) in [6.45, 7) is 1.54. The molecule has 0 fully saturated rings. The normalized spacial score (nSPS) is 13.8. The summed E-state index contributed by atoms with van der Waals surface area (Å²) in [5.74, 6) is -2.09. The minimum Gasteiger partial charge on any atom is -0.481 e. The van der Waals surface area contributed by atoms with Gasteiger partial charge in [0.05, 0.1) is 18.2 Å². The first kappa shape index (κ1) is 24.4. The Morgan fingerprint density at radius 2 is 2.00 bits per heavy atom. The van der Waals surface area contributed by atoms with E-state index in [0.717, 1.165) is 5.56 Å². The van der Waals surface area contributed by atoms with Crippen LogP contribution in [0.2, 0.25) is 5.02 Å². The molecule has 0 saturated carbocycles. The summed E-state index contributed by atoms with van der Waals surface area (Å²) >= 11 is 5.99. The Labute approximate surface area is 195 Å². The molecule has 2 N–H and O–H groups in total. The first-order chi connectivity index (χ1) is 15.7. The lowest BCUT2D eigenvalue weighted by Crippen LogP contribution is -2.44. The molecule has 0 aliphatic carbocycles. The molecule has 3 aromatic rings. The lowest BCUT2D eigenvalue weighted by molar-refractivity contribution is -0.152. The van der Waals surface area contributed by atoms with E-state index in [1.165, 1.54) is 31.7 Å². The second-order valence-electron chi connectivity index (χ2n) is 8.04. The van der Waals surface area contributed by atoms with E-state index in [2.05, 4.69) is 10.3 Å². The number of ether oxygens (including phenoxy) is 1. The topological polar surface area (TPSA) is 102 Å². The number of carboxylic acids is 1. The van der Waals surface area contributed by atoms with Gasteiger partial charge in [-0.2, -0.15) is 0 Å². The maximum Gasteiger partial charge on any atom is 0.311 e. The summed E-state index contributed by atoms with van der Waals surface area (Å²) in [5, 5.41) is 13.0. The highest BCUT2D eigenvalue weighted by Gasteiger charge is 2.37. The number of rotatable bonds is 10. The fourth-order valence-electron chi connectivity index (χ4n) is 3.65. The number of methoxy groups -OCH3 is 1. The van der Waals surface area contributed by atoms with E-state index >= 15 is 0 Å². The molecule has 3 rings (SSSR count). The van der Waals surface area contributed by atoms with Gasteiger partial charge < -0.3 is 19.6 Å². The maximum atomic E-state index is 14.2. The zero-order chi connectivity index (χ0) is 24.0. The maximum absolute atomic E-state index is 14.2. The van der Waals surface area contributed by atoms with Gasteiger partial charge in [-0.25, -0.2) is 9.37 Å². The van der Waals surface area contributed by atoms with Gasteiger partial charge in [-0.05, 0) is 49.1 Å². The van der Waals surface area contributed by atoms with E-state index < -0.39 is 23.3 Å². The van der Waals surface area contributed by atoms with E-state index in [1.807, 2.05) is 0 Å². The van der Waals surface area contributed by atoms with Crippen molar-refractivity contribution in [2.24, 2.45) is 5.41 Å². The zero-order valence-corrected chi connectivity index (χ0v) is 18.9. The van der Waals surface area contributed by atoms with Crippen LogP contribution in [0.4, 0.5) is 4.39 Å². The fourth-order valence-corrected chi connectivity index (χ4v) is 3.82. The van der Waals surface area contributed by atoms with Crippen LogP contribution in [-0.2, 0) is 16.0 Å². The smallest absolute Gasteiger partial charge is 0.311 e. The van der Waals surface area contributed by atoms with Gasteiger partial charge >= 0.3 is 11.9 Å². The predicted molar refractivity (Wildman–Crippen MR) is 121 cm³/mol. The number of oxazole rings is 1. The molecule has 2 aromatic carbocycles. The van der Waals surface area contributed by atoms with Crippen molar-refractivity contribution in [2.75, 3.05) is 13.7 Å². The van der Waals surface area contributed by atoms with Crippen LogP contribution in [0.15, 0.2) is 59.3 Å². The Morgan fingerprint density at radius 1 is 1.27 bits per heavy atom. The first-order valence-corrected chi connectivity index (χ1v) is 10.6. The minimum atomic E-state index is -1.23. The number of carboxylic acid groups (broad SMARTS) is 1. The molecule has 1 aromatic heterocycles. The summed E-state index contributed by atoms with van der Waals surface area (Å²) in [7, 11) is 1.43. The van der Waals surface area contributed by atoms with Crippen LogP contribution in [0.3, 0.4) is 0 Å². The number of carbonyl (C=O) groups excluding carboxylic acids is 1. The van der Waals surface area contributed by atoms with Crippen molar-refractivity contribution in [3.63, 3.8) is 0 Å². The van der Waals surface area contributed by atoms with Gasteiger partial charge in [0.2, 0.25) is 0 Å². The molecule has 0 bridgehead atoms. The number of hydrogen-bond acceptors (Lipinski definition) is 5. The molecule has 0 aliphatic heterocycles. The Morgan fingerprint density at radius 3 is 2.61 bits per heavy atom. The van der Waals surface area contributed by atoms with Gasteiger partial charge in [0.15, 0.2) is 0 Å². The molecule has 1 heterocycles. The van der Waals surface area contributed by atoms with Crippen molar-refractivity contribution >= 4 is 23.5 Å². The number of halogens is 2. The molecule has 2 unspecified atom stereocenters. The fraction of sp³-hybridized carbons (Fsp3) is 0.292. The van der Waals surface area contributed by atoms with Crippen LogP contribution in [-0.4, -0.2) is 41.7 Å². The third kappa shape index (κ3) is 6.18. The number of hydrogen-bond donors (Lipinski definition) is 2. The van der Waals surface area contributed by atoms with Crippen LogP contribution in [0.1, 0.15) is 29.6 Å². The number of nitrogens with one attached hydrogen (secondary N) is 1. The average molecular weight is 475 g/mol. The number of aliphatic carboxylic acids is 1. The first-order valence-electron chi connectivity index (χ1n) is 10.2. The zero-order valence-electron chi connectivity index (χ0n) is 18.2. The van der Waals surface area contributed by atoms with Crippen LogP contribution >= 0.6 is 11.6 Å². The van der Waals surface area contributed by atoms with E-state index in [1.54, 1.807) is 37.3 Å². The van der Waals surface area contributed by atoms with Gasteiger partial charge in [0.1, 0.15) is 12.1 Å². The highest BCUT2D eigenvalue weighted by Crippen LogP contribution is 2.28. The summed E-state index contributed by atoms with van der Waals surface area (Å²) in [5.41, 5.74) is 0.618. The van der Waals surface area contributed by atoms with Crippen LogP contribution in [0.5, 0.6) is 0 Å². The van der Waals surface area contributed by atoms with Crippen molar-refractivity contribution in [1.29, 1.82) is 0 Å². The predicted octanol–water partition coefficient (Wildman–Crippen LogP) is 4.60. The Hall–Kier alpha value is -3.23. The lowest BCUT2D eigenvalue weighted by atomic mass is 9.82. The molecule has 0 aliphatic rings. The van der Waals surface area contributed by atoms with Gasteiger partial charge in [0, 0.05) is 23.7 Å². The van der Waals surface area contributed by atoms with Gasteiger partial charge in [-0.1, -0.05) is 35.9 Å². The van der Waals surface area contributed by atoms with E-state index in [9.17, 15) is 19.1 Å². The van der Waals surface area contributed by atoms with Crippen molar-refractivity contribution in [2.45, 2.75) is 25.8 Å². The molecule has 0 saturated heterocycles. The van der Waals surface area contributed by atoms with Gasteiger partial charge in [-0.3, -0.25) is 9.59 Å². The van der Waals surface area contributed by atoms with Gasteiger partial charge in [-0.15, -0.1) is 0 Å². The largest absolute Gasteiger partial charge is 0.481 e. The third-order valence-corrected chi connectivity index (χ3v) is 5.55. The van der Waals surface area contributed by atoms with Crippen LogP contribution in [0, 0.1) is 11.2 Å². The quantitative estimate of drug-likeness (QED) is 0.445. The monoisotopic (exact) mass is 474 g/mol. The van der Waals surface area contributed by atoms with Crippen LogP contribution in [0.25, 0.3) is 11.1 Å². The molecule has 2 atom stereocenters. The summed E-state index contributed by atoms with van der Waals surface area (Å²) < 4.78 is 24.3. The molecule has 33 heavy (non-hydrogen) atoms. The van der Waals surface area contributed by atoms with Gasteiger partial charge in [0.25, 0.3) is 5.89 Å². The standard InChI is InChI=1S/C24H24ClFN2O5/c1-24(14-32-2,23(30)31)13-18(28-21(29)22-27-9-10-33-22)11-15-3-5-16(6-4-15)19-12-17(25)7-8-20(19)26/h3-10,12,18H,11,13-14H2,1-2H3,(H,28,29)(H,30,31). The SMILES string of the molecule is COCC(C)(CC(Cc1ccc(-c2cc(Cl)ccc2F)cc1)NC(=O)c1ncco1)C(=O)O. The molecule has 0 radical (unpaired) electrons. The second-order valence-corrected chi connectivity index (χ2v) is 8.47. The molecule has 7 nitrogen and oxygen atoms in total. The minimum absolute atomic E-state index is 0.0271. The molecular formula is C24H24ClFN2O5. The molecular weight excluding hydrogens is 451 g/mol. The highest BCUT2D eigenvalue weighted by atomic mass is 35.5. The van der Waals surface area contributed by atoms with E-state index in [0.29, 0.717) is 22.6 Å². The van der Waals surface area contributed by atoms with Crippen molar-refractivity contribution in [3.8, 4) is 11.1 Å². The summed E-state index contributed by atoms with van der Waals surface area (Å²) in [6, 6.07) is 10.9. The number of amides is 1. The van der Waals surface area contributed by atoms with Crippen molar-refractivity contribution < 1.29 is 28.2 Å². The Bertz CT molecular complexity index is 1100.